The number of hydrogen-bond donors (Lipinski definition) is 1. The van der Waals surface area contributed by atoms with Crippen LogP contribution in [0.3, 0.4) is 0 Å². The molecule has 2 atom stereocenters. The molecule has 0 heterocycles. The summed E-state index contributed by atoms with van der Waals surface area (Å²) in [5, 5.41) is 9.85. The van der Waals surface area contributed by atoms with Gasteiger partial charge in [0.25, 0.3) is 0 Å². The highest BCUT2D eigenvalue weighted by molar-refractivity contribution is 4.93. The minimum absolute atomic E-state index is 0.0805. The Hall–Kier alpha value is -0.300. The molecule has 0 aromatic carbocycles. The number of unbranched alkanes of at least 4 members (excludes halogenated alkanes) is 1. The maximum atomic E-state index is 9.85. The molecule has 1 nitrogen and oxygen atoms in total. The van der Waals surface area contributed by atoms with Crippen molar-refractivity contribution in [2.24, 2.45) is 5.92 Å². The maximum absolute atomic E-state index is 9.85. The monoisotopic (exact) mass is 182 g/mol. The number of aliphatic hydroxyl groups excluding tert-OH is 1. The molecule has 0 amide bonds. The minimum atomic E-state index is -0.0805. The maximum Gasteiger partial charge on any atom is 0.0602 e. The summed E-state index contributed by atoms with van der Waals surface area (Å²) in [5.74, 6) is 0.431. The van der Waals surface area contributed by atoms with Gasteiger partial charge >= 0.3 is 0 Å². The van der Waals surface area contributed by atoms with Gasteiger partial charge in [0.1, 0.15) is 0 Å². The standard InChI is InChI=1S/C12H22O/c1-2-3-8-11-9-6-4-5-7-10-12(11)13/h6,9,11-13H,2-5,7-8,10H2,1H3/b9-6-/t11-,12-/m0/s1. The van der Waals surface area contributed by atoms with Crippen LogP contribution in [-0.2, 0) is 0 Å². The molecule has 0 aromatic rings. The minimum Gasteiger partial charge on any atom is -0.393 e. The van der Waals surface area contributed by atoms with Crippen LogP contribution in [0.2, 0.25) is 0 Å². The smallest absolute Gasteiger partial charge is 0.0602 e. The molecule has 1 aliphatic carbocycles. The zero-order valence-corrected chi connectivity index (χ0v) is 8.71. The first-order valence-electron chi connectivity index (χ1n) is 5.69. The molecule has 13 heavy (non-hydrogen) atoms. The summed E-state index contributed by atoms with van der Waals surface area (Å²) in [6, 6.07) is 0. The van der Waals surface area contributed by atoms with Crippen LogP contribution in [-0.4, -0.2) is 11.2 Å². The Kier molecular flexibility index (Phi) is 5.14. The van der Waals surface area contributed by atoms with Crippen molar-refractivity contribution in [2.45, 2.75) is 58.0 Å². The van der Waals surface area contributed by atoms with Gasteiger partial charge in [-0.1, -0.05) is 38.3 Å². The highest BCUT2D eigenvalue weighted by atomic mass is 16.3. The van der Waals surface area contributed by atoms with E-state index in [1.165, 1.54) is 32.1 Å². The van der Waals surface area contributed by atoms with Crippen molar-refractivity contribution >= 4 is 0 Å². The number of allylic oxidation sites excluding steroid dienone is 1. The molecular weight excluding hydrogens is 160 g/mol. The molecule has 1 aliphatic rings. The number of hydrogen-bond acceptors (Lipinski definition) is 1. The van der Waals surface area contributed by atoms with Crippen molar-refractivity contribution in [1.82, 2.24) is 0 Å². The molecular formula is C12H22O. The van der Waals surface area contributed by atoms with Gasteiger partial charge in [0.05, 0.1) is 6.10 Å². The Morgan fingerprint density at radius 2 is 2.23 bits per heavy atom. The van der Waals surface area contributed by atoms with Gasteiger partial charge in [-0.25, -0.2) is 0 Å². The van der Waals surface area contributed by atoms with E-state index in [2.05, 4.69) is 19.1 Å². The van der Waals surface area contributed by atoms with E-state index in [9.17, 15) is 5.11 Å². The molecule has 1 N–H and O–H groups in total. The molecule has 0 unspecified atom stereocenters. The number of rotatable bonds is 3. The van der Waals surface area contributed by atoms with E-state index in [-0.39, 0.29) is 6.10 Å². The average molecular weight is 182 g/mol. The third kappa shape index (κ3) is 3.95. The lowest BCUT2D eigenvalue weighted by Crippen LogP contribution is -2.19. The van der Waals surface area contributed by atoms with Gasteiger partial charge in [-0.3, -0.25) is 0 Å². The van der Waals surface area contributed by atoms with Crippen LogP contribution < -0.4 is 0 Å². The lowest BCUT2D eigenvalue weighted by atomic mass is 9.90. The van der Waals surface area contributed by atoms with Crippen molar-refractivity contribution < 1.29 is 5.11 Å². The Bertz CT molecular complexity index is 151. The van der Waals surface area contributed by atoms with Crippen LogP contribution in [0.5, 0.6) is 0 Å². The van der Waals surface area contributed by atoms with E-state index in [1.54, 1.807) is 0 Å². The Morgan fingerprint density at radius 3 is 3.00 bits per heavy atom. The summed E-state index contributed by atoms with van der Waals surface area (Å²) >= 11 is 0. The quantitative estimate of drug-likeness (QED) is 0.664. The van der Waals surface area contributed by atoms with E-state index < -0.39 is 0 Å². The molecule has 0 radical (unpaired) electrons. The molecule has 0 bridgehead atoms. The van der Waals surface area contributed by atoms with Crippen LogP contribution in [0, 0.1) is 5.92 Å². The lowest BCUT2D eigenvalue weighted by molar-refractivity contribution is 0.111. The van der Waals surface area contributed by atoms with E-state index >= 15 is 0 Å². The molecule has 1 heteroatoms. The Labute approximate surface area is 81.9 Å². The van der Waals surface area contributed by atoms with Crippen LogP contribution in [0.1, 0.15) is 51.9 Å². The SMILES string of the molecule is CCCC[C@H]1/C=C\CCCC[C@@H]1O. The molecule has 0 saturated heterocycles. The lowest BCUT2D eigenvalue weighted by Gasteiger charge is -2.21. The van der Waals surface area contributed by atoms with E-state index in [4.69, 9.17) is 0 Å². The van der Waals surface area contributed by atoms with Crippen molar-refractivity contribution in [1.29, 1.82) is 0 Å². The van der Waals surface area contributed by atoms with E-state index in [1.807, 2.05) is 0 Å². The second-order valence-corrected chi connectivity index (χ2v) is 4.09. The molecule has 1 rings (SSSR count). The van der Waals surface area contributed by atoms with Crippen LogP contribution in [0.15, 0.2) is 12.2 Å². The van der Waals surface area contributed by atoms with Gasteiger partial charge in [-0.05, 0) is 25.7 Å². The highest BCUT2D eigenvalue weighted by Crippen LogP contribution is 2.22. The summed E-state index contributed by atoms with van der Waals surface area (Å²) in [4.78, 5) is 0. The molecule has 0 aromatic heterocycles. The third-order valence-corrected chi connectivity index (χ3v) is 2.89. The zero-order chi connectivity index (χ0) is 9.52. The summed E-state index contributed by atoms with van der Waals surface area (Å²) < 4.78 is 0. The summed E-state index contributed by atoms with van der Waals surface area (Å²) in [5.41, 5.74) is 0. The zero-order valence-electron chi connectivity index (χ0n) is 8.71. The Morgan fingerprint density at radius 1 is 1.38 bits per heavy atom. The topological polar surface area (TPSA) is 20.2 Å². The number of aliphatic hydroxyl groups is 1. The predicted octanol–water partition coefficient (Wildman–Crippen LogP) is 3.28. The molecule has 0 fully saturated rings. The van der Waals surface area contributed by atoms with Crippen LogP contribution in [0.4, 0.5) is 0 Å². The Balaban J connectivity index is 2.40. The summed E-state index contributed by atoms with van der Waals surface area (Å²) in [6.07, 6.45) is 12.7. The predicted molar refractivity (Wildman–Crippen MR) is 56.6 cm³/mol. The fourth-order valence-corrected chi connectivity index (χ4v) is 1.96. The van der Waals surface area contributed by atoms with Gasteiger partial charge in [0.2, 0.25) is 0 Å². The normalized spacial score (nSPS) is 32.2. The van der Waals surface area contributed by atoms with Crippen molar-refractivity contribution in [3.63, 3.8) is 0 Å². The van der Waals surface area contributed by atoms with Gasteiger partial charge < -0.3 is 5.11 Å². The second kappa shape index (κ2) is 6.20. The third-order valence-electron chi connectivity index (χ3n) is 2.89. The van der Waals surface area contributed by atoms with Gasteiger partial charge in [-0.2, -0.15) is 0 Å². The first kappa shape index (κ1) is 10.8. The average Bonchev–Trinajstić information content (AvgIpc) is 2.11. The van der Waals surface area contributed by atoms with Crippen molar-refractivity contribution in [3.8, 4) is 0 Å². The molecule has 0 saturated carbocycles. The van der Waals surface area contributed by atoms with Crippen molar-refractivity contribution in [2.75, 3.05) is 0 Å². The first-order valence-corrected chi connectivity index (χ1v) is 5.69. The molecule has 0 aliphatic heterocycles. The fourth-order valence-electron chi connectivity index (χ4n) is 1.96. The van der Waals surface area contributed by atoms with E-state index in [0.29, 0.717) is 5.92 Å². The van der Waals surface area contributed by atoms with Gasteiger partial charge in [-0.15, -0.1) is 0 Å². The van der Waals surface area contributed by atoms with Gasteiger partial charge in [0.15, 0.2) is 0 Å². The summed E-state index contributed by atoms with van der Waals surface area (Å²) in [6.45, 7) is 2.21. The summed E-state index contributed by atoms with van der Waals surface area (Å²) in [7, 11) is 0. The van der Waals surface area contributed by atoms with E-state index in [0.717, 1.165) is 12.8 Å². The molecule has 76 valence electrons. The fraction of sp³-hybridized carbons (Fsp3) is 0.833. The van der Waals surface area contributed by atoms with Crippen LogP contribution in [0.25, 0.3) is 0 Å². The highest BCUT2D eigenvalue weighted by Gasteiger charge is 2.16. The molecule has 0 spiro atoms. The van der Waals surface area contributed by atoms with Crippen molar-refractivity contribution in [3.05, 3.63) is 12.2 Å². The largest absolute Gasteiger partial charge is 0.393 e. The van der Waals surface area contributed by atoms with Gasteiger partial charge in [0, 0.05) is 5.92 Å². The second-order valence-electron chi connectivity index (χ2n) is 4.09. The van der Waals surface area contributed by atoms with Crippen LogP contribution >= 0.6 is 0 Å². The first-order chi connectivity index (χ1) is 6.34.